The molecule has 0 saturated heterocycles. The van der Waals surface area contributed by atoms with Crippen LogP contribution >= 0.6 is 0 Å². The van der Waals surface area contributed by atoms with Gasteiger partial charge in [0.05, 0.1) is 0 Å². The Labute approximate surface area is 130 Å². The van der Waals surface area contributed by atoms with Crippen LogP contribution in [0.5, 0.6) is 0 Å². The molecule has 2 fully saturated rings. The predicted molar refractivity (Wildman–Crippen MR) is 70.1 cm³/mol. The summed E-state index contributed by atoms with van der Waals surface area (Å²) in [6.07, 6.45) is 18.4. The van der Waals surface area contributed by atoms with Gasteiger partial charge in [0.1, 0.15) is 0 Å². The molecule has 4 aliphatic carbocycles. The van der Waals surface area contributed by atoms with Gasteiger partial charge in [-0.15, -0.1) is 0 Å². The third kappa shape index (κ3) is 6.56. The summed E-state index contributed by atoms with van der Waals surface area (Å²) in [5.74, 6) is 3.96. The zero-order valence-electron chi connectivity index (χ0n) is 11.3. The van der Waals surface area contributed by atoms with Gasteiger partial charge in [-0.05, 0) is 62.2 Å². The van der Waals surface area contributed by atoms with Crippen LogP contribution < -0.4 is 0 Å². The fourth-order valence-electron chi connectivity index (χ4n) is 3.43. The molecule has 0 aromatic heterocycles. The summed E-state index contributed by atoms with van der Waals surface area (Å²) in [5, 5.41) is 0. The molecule has 0 amide bonds. The molecule has 4 atom stereocenters. The average Bonchev–Trinajstić information content (AvgIpc) is 3.10. The van der Waals surface area contributed by atoms with E-state index in [2.05, 4.69) is 24.3 Å². The Hall–Kier alpha value is -0.112. The van der Waals surface area contributed by atoms with Gasteiger partial charge in [-0.3, -0.25) is 0 Å². The molecule has 4 aliphatic rings. The summed E-state index contributed by atoms with van der Waals surface area (Å²) in [5.41, 5.74) is 0. The topological polar surface area (TPSA) is 0 Å². The van der Waals surface area contributed by atoms with E-state index in [1.165, 1.54) is 38.5 Å². The molecule has 0 heterocycles. The molecular formula is C14H20BF4Rh-. The number of allylic oxidation sites excluding steroid dienone is 4. The average molecular weight is 378 g/mol. The number of hydrogen-bond donors (Lipinski definition) is 0. The molecule has 0 aliphatic heterocycles. The van der Waals surface area contributed by atoms with Crippen LogP contribution in [-0.2, 0) is 19.5 Å². The second-order valence-corrected chi connectivity index (χ2v) is 5.93. The zero-order valence-corrected chi connectivity index (χ0v) is 12.9. The second kappa shape index (κ2) is 7.77. The minimum atomic E-state index is -6.00. The second-order valence-electron chi connectivity index (χ2n) is 5.93. The van der Waals surface area contributed by atoms with Crippen molar-refractivity contribution in [2.24, 2.45) is 23.7 Å². The van der Waals surface area contributed by atoms with Crippen molar-refractivity contribution in [3.8, 4) is 0 Å². The molecule has 6 heteroatoms. The van der Waals surface area contributed by atoms with E-state index in [0.29, 0.717) is 0 Å². The summed E-state index contributed by atoms with van der Waals surface area (Å²) < 4.78 is 39.0. The van der Waals surface area contributed by atoms with Gasteiger partial charge in [0.25, 0.3) is 0 Å². The Balaban J connectivity index is 0.000000150. The Kier molecular flexibility index (Phi) is 6.97. The normalized spacial score (nSPS) is 35.0. The fraction of sp³-hybridized carbons (Fsp3) is 0.714. The quantitative estimate of drug-likeness (QED) is 0.307. The standard InChI is InChI=1S/2C7H10.BF4.Rh/c2*1-2-7-4-3-6(1)5-7;2-1(3,4)5;/h2*1-2,6-7H,3-5H2;;/q;;-1;. The maximum absolute atomic E-state index is 9.75. The summed E-state index contributed by atoms with van der Waals surface area (Å²) in [4.78, 5) is 0. The molecule has 0 aromatic carbocycles. The minimum absolute atomic E-state index is 0. The third-order valence-electron chi connectivity index (χ3n) is 4.34. The number of hydrogen-bond acceptors (Lipinski definition) is 0. The van der Waals surface area contributed by atoms with Crippen LogP contribution in [0.25, 0.3) is 0 Å². The fourth-order valence-corrected chi connectivity index (χ4v) is 3.43. The van der Waals surface area contributed by atoms with Gasteiger partial charge in [0.2, 0.25) is 0 Å². The van der Waals surface area contributed by atoms with Crippen LogP contribution in [0.3, 0.4) is 0 Å². The van der Waals surface area contributed by atoms with E-state index in [4.69, 9.17) is 0 Å². The first-order valence-electron chi connectivity index (χ1n) is 7.14. The van der Waals surface area contributed by atoms with Gasteiger partial charge < -0.3 is 17.3 Å². The number of rotatable bonds is 0. The monoisotopic (exact) mass is 378 g/mol. The van der Waals surface area contributed by atoms with Gasteiger partial charge in [0.15, 0.2) is 0 Å². The van der Waals surface area contributed by atoms with Crippen LogP contribution in [0.4, 0.5) is 17.3 Å². The Morgan fingerprint density at radius 1 is 0.600 bits per heavy atom. The van der Waals surface area contributed by atoms with Crippen molar-refractivity contribution >= 4 is 7.25 Å². The van der Waals surface area contributed by atoms with Crippen molar-refractivity contribution in [1.82, 2.24) is 0 Å². The third-order valence-corrected chi connectivity index (χ3v) is 4.34. The maximum atomic E-state index is 9.75. The van der Waals surface area contributed by atoms with Crippen LogP contribution in [0.1, 0.15) is 38.5 Å². The number of fused-ring (bicyclic) bond motifs is 4. The zero-order chi connectivity index (χ0) is 13.9. The van der Waals surface area contributed by atoms with Crippen molar-refractivity contribution in [2.75, 3.05) is 0 Å². The molecule has 0 aromatic rings. The molecule has 0 spiro atoms. The summed E-state index contributed by atoms with van der Waals surface area (Å²) in [6, 6.07) is 0. The molecule has 0 N–H and O–H groups in total. The Bertz CT molecular complexity index is 296. The van der Waals surface area contributed by atoms with Crippen molar-refractivity contribution in [3.05, 3.63) is 24.3 Å². The molecule has 0 nitrogen and oxygen atoms in total. The first-order chi connectivity index (χ1) is 8.90. The summed E-state index contributed by atoms with van der Waals surface area (Å²) >= 11 is 0. The van der Waals surface area contributed by atoms with E-state index >= 15 is 0 Å². The van der Waals surface area contributed by atoms with Crippen LogP contribution in [-0.4, -0.2) is 7.25 Å². The predicted octanol–water partition coefficient (Wildman–Crippen LogP) is 5.24. The van der Waals surface area contributed by atoms with Crippen molar-refractivity contribution in [1.29, 1.82) is 0 Å². The van der Waals surface area contributed by atoms with Gasteiger partial charge in [-0.25, -0.2) is 0 Å². The largest absolute Gasteiger partial charge is 0.673 e. The SMILES string of the molecule is C1=CC2CCC1C2.C1=CC2CCC1C2.F[B-](F)(F)F.[Rh]. The Morgan fingerprint density at radius 2 is 0.800 bits per heavy atom. The van der Waals surface area contributed by atoms with E-state index in [9.17, 15) is 17.3 Å². The van der Waals surface area contributed by atoms with E-state index in [0.717, 1.165) is 23.7 Å². The molecule has 4 unspecified atom stereocenters. The maximum Gasteiger partial charge on any atom is 0.673 e. The van der Waals surface area contributed by atoms with E-state index in [1.807, 2.05) is 0 Å². The summed E-state index contributed by atoms with van der Waals surface area (Å²) in [7, 11) is -6.00. The van der Waals surface area contributed by atoms with E-state index < -0.39 is 7.25 Å². The molecule has 117 valence electrons. The van der Waals surface area contributed by atoms with Gasteiger partial charge >= 0.3 is 7.25 Å². The van der Waals surface area contributed by atoms with Gasteiger partial charge in [-0.2, -0.15) is 0 Å². The Morgan fingerprint density at radius 3 is 0.850 bits per heavy atom. The summed E-state index contributed by atoms with van der Waals surface area (Å²) in [6.45, 7) is 0. The van der Waals surface area contributed by atoms with Gasteiger partial charge in [0, 0.05) is 19.5 Å². The minimum Gasteiger partial charge on any atom is -0.418 e. The van der Waals surface area contributed by atoms with Crippen molar-refractivity contribution in [2.45, 2.75) is 38.5 Å². The molecule has 1 radical (unpaired) electrons. The molecule has 4 rings (SSSR count). The van der Waals surface area contributed by atoms with Crippen LogP contribution in [0, 0.1) is 23.7 Å². The van der Waals surface area contributed by atoms with Crippen LogP contribution in [0.15, 0.2) is 24.3 Å². The van der Waals surface area contributed by atoms with Crippen LogP contribution in [0.2, 0.25) is 0 Å². The first kappa shape index (κ1) is 17.9. The van der Waals surface area contributed by atoms with E-state index in [-0.39, 0.29) is 19.5 Å². The first-order valence-corrected chi connectivity index (χ1v) is 7.14. The molecule has 4 bridgehead atoms. The smallest absolute Gasteiger partial charge is 0.418 e. The van der Waals surface area contributed by atoms with Crippen molar-refractivity contribution < 1.29 is 36.7 Å². The molecular weight excluding hydrogens is 358 g/mol. The van der Waals surface area contributed by atoms with Gasteiger partial charge in [-0.1, -0.05) is 24.3 Å². The van der Waals surface area contributed by atoms with Crippen molar-refractivity contribution in [3.63, 3.8) is 0 Å². The number of halogens is 4. The van der Waals surface area contributed by atoms with E-state index in [1.54, 1.807) is 0 Å². The molecule has 2 saturated carbocycles. The molecule has 20 heavy (non-hydrogen) atoms.